The van der Waals surface area contributed by atoms with Gasteiger partial charge < -0.3 is 14.6 Å². The van der Waals surface area contributed by atoms with Crippen molar-refractivity contribution in [2.24, 2.45) is 0 Å². The van der Waals surface area contributed by atoms with Crippen LogP contribution in [-0.2, 0) is 0 Å². The molecular formula is C24H20N2O3. The fourth-order valence-corrected chi connectivity index (χ4v) is 3.07. The Morgan fingerprint density at radius 3 is 1.97 bits per heavy atom. The molecule has 4 aromatic rings. The molecule has 0 spiro atoms. The molecule has 0 amide bonds. The van der Waals surface area contributed by atoms with Gasteiger partial charge in [0.1, 0.15) is 17.2 Å². The zero-order valence-corrected chi connectivity index (χ0v) is 16.2. The number of nitrogens with zero attached hydrogens (tertiary/aromatic N) is 2. The van der Waals surface area contributed by atoms with Crippen molar-refractivity contribution in [3.8, 4) is 51.2 Å². The number of hydrogen-bond acceptors (Lipinski definition) is 5. The van der Waals surface area contributed by atoms with Crippen LogP contribution in [0.5, 0.6) is 17.2 Å². The van der Waals surface area contributed by atoms with Crippen LogP contribution in [0.25, 0.3) is 33.9 Å². The minimum atomic E-state index is 0.0998. The lowest BCUT2D eigenvalue weighted by Gasteiger charge is -2.11. The minimum absolute atomic E-state index is 0.0998. The molecule has 1 heterocycles. The number of benzene rings is 3. The van der Waals surface area contributed by atoms with Gasteiger partial charge in [0.2, 0.25) is 0 Å². The maximum Gasteiger partial charge on any atom is 0.160 e. The molecule has 0 bridgehead atoms. The molecular weight excluding hydrogens is 364 g/mol. The minimum Gasteiger partial charge on any atom is -0.507 e. The van der Waals surface area contributed by atoms with Gasteiger partial charge >= 0.3 is 0 Å². The predicted octanol–water partition coefficient (Wildman–Crippen LogP) is 5.20. The average Bonchev–Trinajstić information content (AvgIpc) is 2.79. The molecule has 0 saturated heterocycles. The fourth-order valence-electron chi connectivity index (χ4n) is 3.07. The normalized spacial score (nSPS) is 10.6. The molecule has 0 aliphatic heterocycles. The topological polar surface area (TPSA) is 64.5 Å². The van der Waals surface area contributed by atoms with E-state index < -0.39 is 0 Å². The third-order valence-corrected chi connectivity index (χ3v) is 4.62. The molecule has 5 heteroatoms. The van der Waals surface area contributed by atoms with Crippen LogP contribution < -0.4 is 9.47 Å². The highest BCUT2D eigenvalue weighted by molar-refractivity contribution is 5.75. The number of methoxy groups -OCH3 is 2. The van der Waals surface area contributed by atoms with Gasteiger partial charge in [0.05, 0.1) is 25.6 Å². The monoisotopic (exact) mass is 384 g/mol. The lowest BCUT2D eigenvalue weighted by Crippen LogP contribution is -1.96. The number of phenolic OH excluding ortho intramolecular Hbond substituents is 1. The van der Waals surface area contributed by atoms with Crippen molar-refractivity contribution < 1.29 is 14.6 Å². The fraction of sp³-hybridized carbons (Fsp3) is 0.0833. The van der Waals surface area contributed by atoms with E-state index in [2.05, 4.69) is 0 Å². The van der Waals surface area contributed by atoms with E-state index in [1.165, 1.54) is 0 Å². The first-order chi connectivity index (χ1) is 14.2. The van der Waals surface area contributed by atoms with Crippen molar-refractivity contribution in [1.29, 1.82) is 0 Å². The van der Waals surface area contributed by atoms with Crippen LogP contribution in [0, 0.1) is 0 Å². The average molecular weight is 384 g/mol. The molecule has 0 atom stereocenters. The van der Waals surface area contributed by atoms with Gasteiger partial charge in [0, 0.05) is 22.8 Å². The summed E-state index contributed by atoms with van der Waals surface area (Å²) >= 11 is 0. The maximum atomic E-state index is 10.5. The molecule has 0 saturated carbocycles. The van der Waals surface area contributed by atoms with Crippen LogP contribution >= 0.6 is 0 Å². The van der Waals surface area contributed by atoms with Crippen molar-refractivity contribution >= 4 is 0 Å². The van der Waals surface area contributed by atoms with Crippen LogP contribution in [0.2, 0.25) is 0 Å². The highest BCUT2D eigenvalue weighted by Crippen LogP contribution is 2.34. The standard InChI is InChI=1S/C24H20N2O3/c1-28-18-10-8-16(9-11-18)21-15-22(20-13-12-19(29-2)14-23(20)27)26-24(25-21)17-6-4-3-5-7-17/h3-15,27H,1-2H3. The smallest absolute Gasteiger partial charge is 0.160 e. The van der Waals surface area contributed by atoms with Crippen LogP contribution in [0.15, 0.2) is 78.9 Å². The Kier molecular flexibility index (Phi) is 5.12. The van der Waals surface area contributed by atoms with Crippen molar-refractivity contribution in [3.63, 3.8) is 0 Å². The van der Waals surface area contributed by atoms with Gasteiger partial charge in [0.25, 0.3) is 0 Å². The van der Waals surface area contributed by atoms with Crippen molar-refractivity contribution in [3.05, 3.63) is 78.9 Å². The number of aromatic hydroxyl groups is 1. The molecule has 0 fully saturated rings. The van der Waals surface area contributed by atoms with Gasteiger partial charge in [-0.3, -0.25) is 0 Å². The molecule has 0 radical (unpaired) electrons. The number of ether oxygens (including phenoxy) is 2. The van der Waals surface area contributed by atoms with E-state index in [0.29, 0.717) is 22.8 Å². The Morgan fingerprint density at radius 2 is 1.31 bits per heavy atom. The first kappa shape index (κ1) is 18.5. The first-order valence-corrected chi connectivity index (χ1v) is 9.14. The van der Waals surface area contributed by atoms with E-state index in [1.807, 2.05) is 60.7 Å². The molecule has 144 valence electrons. The summed E-state index contributed by atoms with van der Waals surface area (Å²) in [6.45, 7) is 0. The van der Waals surface area contributed by atoms with E-state index in [0.717, 1.165) is 22.6 Å². The summed E-state index contributed by atoms with van der Waals surface area (Å²) in [5.74, 6) is 2.05. The third kappa shape index (κ3) is 3.89. The van der Waals surface area contributed by atoms with Crippen molar-refractivity contribution in [2.45, 2.75) is 0 Å². The summed E-state index contributed by atoms with van der Waals surface area (Å²) in [6, 6.07) is 24.5. The Morgan fingerprint density at radius 1 is 0.655 bits per heavy atom. The van der Waals surface area contributed by atoms with E-state index in [9.17, 15) is 5.11 Å². The molecule has 4 rings (SSSR count). The lowest BCUT2D eigenvalue weighted by atomic mass is 10.1. The van der Waals surface area contributed by atoms with E-state index in [1.54, 1.807) is 32.4 Å². The predicted molar refractivity (Wildman–Crippen MR) is 113 cm³/mol. The Balaban J connectivity index is 1.88. The van der Waals surface area contributed by atoms with Gasteiger partial charge in [-0.2, -0.15) is 0 Å². The molecule has 1 N–H and O–H groups in total. The van der Waals surface area contributed by atoms with Crippen LogP contribution in [0.1, 0.15) is 0 Å². The van der Waals surface area contributed by atoms with Gasteiger partial charge in [-0.15, -0.1) is 0 Å². The largest absolute Gasteiger partial charge is 0.507 e. The Labute approximate surface area is 169 Å². The zero-order chi connectivity index (χ0) is 20.2. The summed E-state index contributed by atoms with van der Waals surface area (Å²) in [7, 11) is 3.20. The first-order valence-electron chi connectivity index (χ1n) is 9.14. The summed E-state index contributed by atoms with van der Waals surface area (Å²) in [5, 5.41) is 10.5. The molecule has 29 heavy (non-hydrogen) atoms. The van der Waals surface area contributed by atoms with Gasteiger partial charge in [-0.25, -0.2) is 9.97 Å². The molecule has 3 aromatic carbocycles. The lowest BCUT2D eigenvalue weighted by molar-refractivity contribution is 0.408. The van der Waals surface area contributed by atoms with Crippen molar-refractivity contribution in [2.75, 3.05) is 14.2 Å². The van der Waals surface area contributed by atoms with Crippen LogP contribution in [-0.4, -0.2) is 29.3 Å². The van der Waals surface area contributed by atoms with Gasteiger partial charge in [0.15, 0.2) is 5.82 Å². The SMILES string of the molecule is COc1ccc(-c2cc(-c3ccc(OC)cc3O)nc(-c3ccccc3)n2)cc1. The summed E-state index contributed by atoms with van der Waals surface area (Å²) < 4.78 is 10.4. The second kappa shape index (κ2) is 8.02. The Hall–Kier alpha value is -3.86. The Bertz CT molecular complexity index is 1130. The number of rotatable bonds is 5. The van der Waals surface area contributed by atoms with Crippen LogP contribution in [0.3, 0.4) is 0 Å². The zero-order valence-electron chi connectivity index (χ0n) is 16.2. The van der Waals surface area contributed by atoms with Crippen LogP contribution in [0.4, 0.5) is 0 Å². The summed E-state index contributed by atoms with van der Waals surface area (Å²) in [5.41, 5.74) is 3.83. The van der Waals surface area contributed by atoms with Crippen molar-refractivity contribution in [1.82, 2.24) is 9.97 Å². The quantitative estimate of drug-likeness (QED) is 0.512. The summed E-state index contributed by atoms with van der Waals surface area (Å²) in [4.78, 5) is 9.47. The molecule has 0 aliphatic rings. The molecule has 5 nitrogen and oxygen atoms in total. The highest BCUT2D eigenvalue weighted by atomic mass is 16.5. The molecule has 0 aliphatic carbocycles. The third-order valence-electron chi connectivity index (χ3n) is 4.62. The maximum absolute atomic E-state index is 10.5. The van der Waals surface area contributed by atoms with E-state index in [4.69, 9.17) is 19.4 Å². The highest BCUT2D eigenvalue weighted by Gasteiger charge is 2.13. The second-order valence-electron chi connectivity index (χ2n) is 6.44. The molecule has 1 aromatic heterocycles. The number of phenols is 1. The number of hydrogen-bond donors (Lipinski definition) is 1. The van der Waals surface area contributed by atoms with E-state index >= 15 is 0 Å². The van der Waals surface area contributed by atoms with E-state index in [-0.39, 0.29) is 5.75 Å². The second-order valence-corrected chi connectivity index (χ2v) is 6.44. The summed E-state index contributed by atoms with van der Waals surface area (Å²) in [6.07, 6.45) is 0. The van der Waals surface area contributed by atoms with Gasteiger partial charge in [-0.1, -0.05) is 30.3 Å². The number of aromatic nitrogens is 2. The molecule has 0 unspecified atom stereocenters. The van der Waals surface area contributed by atoms with Gasteiger partial charge in [-0.05, 0) is 42.5 Å².